The van der Waals surface area contributed by atoms with E-state index in [0.29, 0.717) is 6.61 Å². The van der Waals surface area contributed by atoms with E-state index in [9.17, 15) is 0 Å². The van der Waals surface area contributed by atoms with Gasteiger partial charge in [-0.25, -0.2) is 0 Å². The Kier molecular flexibility index (Phi) is 3.58. The van der Waals surface area contributed by atoms with E-state index in [1.165, 1.54) is 0 Å². The summed E-state index contributed by atoms with van der Waals surface area (Å²) < 4.78 is 5.29. The molecule has 0 amide bonds. The summed E-state index contributed by atoms with van der Waals surface area (Å²) in [6.45, 7) is 2.65. The van der Waals surface area contributed by atoms with Gasteiger partial charge in [-0.3, -0.25) is 0 Å². The molecule has 3 nitrogen and oxygen atoms in total. The molecular formula is C10H15NO2. The zero-order chi connectivity index (χ0) is 9.68. The van der Waals surface area contributed by atoms with Crippen LogP contribution in [0.4, 0.5) is 5.69 Å². The second-order valence-electron chi connectivity index (χ2n) is 2.77. The maximum Gasteiger partial charge on any atom is 0.119 e. The van der Waals surface area contributed by atoms with Gasteiger partial charge < -0.3 is 14.7 Å². The van der Waals surface area contributed by atoms with Gasteiger partial charge in [-0.05, 0) is 31.2 Å². The monoisotopic (exact) mass is 181 g/mol. The van der Waals surface area contributed by atoms with Gasteiger partial charge in [0, 0.05) is 12.7 Å². The van der Waals surface area contributed by atoms with E-state index in [4.69, 9.17) is 9.84 Å². The van der Waals surface area contributed by atoms with Crippen LogP contribution in [-0.2, 0) is 0 Å². The maximum absolute atomic E-state index is 8.86. The van der Waals surface area contributed by atoms with Gasteiger partial charge >= 0.3 is 0 Å². The molecule has 13 heavy (non-hydrogen) atoms. The Bertz CT molecular complexity index is 246. The maximum atomic E-state index is 8.86. The molecule has 1 aromatic rings. The molecular weight excluding hydrogens is 166 g/mol. The van der Waals surface area contributed by atoms with Crippen molar-refractivity contribution in [1.29, 1.82) is 0 Å². The number of benzene rings is 1. The molecule has 0 aromatic heterocycles. The highest BCUT2D eigenvalue weighted by atomic mass is 16.5. The topological polar surface area (TPSA) is 32.7 Å². The summed E-state index contributed by atoms with van der Waals surface area (Å²) in [4.78, 5) is 1.75. The first kappa shape index (κ1) is 9.86. The van der Waals surface area contributed by atoms with Crippen LogP contribution in [-0.4, -0.2) is 25.5 Å². The lowest BCUT2D eigenvalue weighted by Crippen LogP contribution is -2.17. The van der Waals surface area contributed by atoms with Crippen LogP contribution in [0.25, 0.3) is 0 Å². The van der Waals surface area contributed by atoms with Gasteiger partial charge in [-0.15, -0.1) is 0 Å². The Hall–Kier alpha value is -1.22. The Morgan fingerprint density at radius 3 is 2.38 bits per heavy atom. The van der Waals surface area contributed by atoms with E-state index >= 15 is 0 Å². The largest absolute Gasteiger partial charge is 0.494 e. The van der Waals surface area contributed by atoms with Crippen LogP contribution < -0.4 is 9.64 Å². The van der Waals surface area contributed by atoms with Crippen molar-refractivity contribution in [2.75, 3.05) is 25.3 Å². The summed E-state index contributed by atoms with van der Waals surface area (Å²) >= 11 is 0. The van der Waals surface area contributed by atoms with Crippen molar-refractivity contribution in [1.82, 2.24) is 0 Å². The van der Waals surface area contributed by atoms with Crippen molar-refractivity contribution in [2.45, 2.75) is 6.92 Å². The van der Waals surface area contributed by atoms with Crippen molar-refractivity contribution in [3.63, 3.8) is 0 Å². The van der Waals surface area contributed by atoms with Crippen LogP contribution in [0.5, 0.6) is 5.75 Å². The standard InChI is InChI=1S/C10H15NO2/c1-3-13-10-6-4-9(5-7-10)11(2)8-12/h4-7,12H,3,8H2,1-2H3. The van der Waals surface area contributed by atoms with E-state index in [1.54, 1.807) is 4.90 Å². The highest BCUT2D eigenvalue weighted by Crippen LogP contribution is 2.17. The molecule has 1 N–H and O–H groups in total. The third-order valence-corrected chi connectivity index (χ3v) is 1.80. The predicted molar refractivity (Wildman–Crippen MR) is 53.1 cm³/mol. The number of aliphatic hydroxyl groups is 1. The normalized spacial score (nSPS) is 9.77. The van der Waals surface area contributed by atoms with Crippen molar-refractivity contribution in [3.05, 3.63) is 24.3 Å². The fraction of sp³-hybridized carbons (Fsp3) is 0.400. The summed E-state index contributed by atoms with van der Waals surface area (Å²) in [6.07, 6.45) is 0. The molecule has 0 spiro atoms. The van der Waals surface area contributed by atoms with Crippen LogP contribution in [0.3, 0.4) is 0 Å². The quantitative estimate of drug-likeness (QED) is 0.714. The van der Waals surface area contributed by atoms with Gasteiger partial charge in [0.2, 0.25) is 0 Å². The molecule has 0 bridgehead atoms. The predicted octanol–water partition coefficient (Wildman–Crippen LogP) is 1.47. The molecule has 0 fully saturated rings. The minimum Gasteiger partial charge on any atom is -0.494 e. The minimum absolute atomic E-state index is 0.0218. The molecule has 0 aliphatic carbocycles. The molecule has 1 aromatic carbocycles. The zero-order valence-corrected chi connectivity index (χ0v) is 8.03. The van der Waals surface area contributed by atoms with Crippen LogP contribution in [0.1, 0.15) is 6.92 Å². The number of rotatable bonds is 4. The van der Waals surface area contributed by atoms with Gasteiger partial charge in [0.05, 0.1) is 6.61 Å². The van der Waals surface area contributed by atoms with E-state index in [1.807, 2.05) is 38.2 Å². The summed E-state index contributed by atoms with van der Waals surface area (Å²) in [5.41, 5.74) is 0.978. The van der Waals surface area contributed by atoms with Crippen LogP contribution in [0, 0.1) is 0 Å². The van der Waals surface area contributed by atoms with E-state index < -0.39 is 0 Å². The number of aliphatic hydroxyl groups excluding tert-OH is 1. The number of hydrogen-bond acceptors (Lipinski definition) is 3. The fourth-order valence-corrected chi connectivity index (χ4v) is 1.05. The highest BCUT2D eigenvalue weighted by Gasteiger charge is 1.98. The third kappa shape index (κ3) is 2.63. The molecule has 3 heteroatoms. The minimum atomic E-state index is 0.0218. The molecule has 0 atom stereocenters. The fourth-order valence-electron chi connectivity index (χ4n) is 1.05. The molecule has 72 valence electrons. The van der Waals surface area contributed by atoms with Gasteiger partial charge in [-0.2, -0.15) is 0 Å². The SMILES string of the molecule is CCOc1ccc(N(C)CO)cc1. The highest BCUT2D eigenvalue weighted by molar-refractivity contribution is 5.47. The number of hydrogen-bond donors (Lipinski definition) is 1. The van der Waals surface area contributed by atoms with Crippen LogP contribution >= 0.6 is 0 Å². The second-order valence-corrected chi connectivity index (χ2v) is 2.77. The summed E-state index contributed by atoms with van der Waals surface area (Å²) in [6, 6.07) is 7.62. The molecule has 1 rings (SSSR count). The zero-order valence-electron chi connectivity index (χ0n) is 8.03. The number of ether oxygens (including phenoxy) is 1. The second kappa shape index (κ2) is 4.72. The van der Waals surface area contributed by atoms with Gasteiger partial charge in [0.25, 0.3) is 0 Å². The van der Waals surface area contributed by atoms with Crippen molar-refractivity contribution in [2.24, 2.45) is 0 Å². The lowest BCUT2D eigenvalue weighted by atomic mass is 10.3. The van der Waals surface area contributed by atoms with Crippen LogP contribution in [0.15, 0.2) is 24.3 Å². The summed E-state index contributed by atoms with van der Waals surface area (Å²) in [7, 11) is 1.83. The molecule has 0 aliphatic heterocycles. The van der Waals surface area contributed by atoms with E-state index in [2.05, 4.69) is 0 Å². The number of nitrogens with zero attached hydrogens (tertiary/aromatic N) is 1. The van der Waals surface area contributed by atoms with Crippen molar-refractivity contribution >= 4 is 5.69 Å². The van der Waals surface area contributed by atoms with E-state index in [0.717, 1.165) is 11.4 Å². The first-order chi connectivity index (χ1) is 6.27. The molecule has 0 unspecified atom stereocenters. The first-order valence-corrected chi connectivity index (χ1v) is 4.32. The van der Waals surface area contributed by atoms with Crippen molar-refractivity contribution in [3.8, 4) is 5.75 Å². The molecule has 0 saturated heterocycles. The lowest BCUT2D eigenvalue weighted by molar-refractivity contribution is 0.298. The molecule has 0 saturated carbocycles. The Morgan fingerprint density at radius 1 is 1.31 bits per heavy atom. The van der Waals surface area contributed by atoms with Gasteiger partial charge in [0.1, 0.15) is 12.5 Å². The Balaban J connectivity index is 2.69. The molecule has 0 radical (unpaired) electrons. The third-order valence-electron chi connectivity index (χ3n) is 1.80. The van der Waals surface area contributed by atoms with Gasteiger partial charge in [0.15, 0.2) is 0 Å². The average Bonchev–Trinajstić information content (AvgIpc) is 2.18. The Labute approximate surface area is 78.6 Å². The average molecular weight is 181 g/mol. The Morgan fingerprint density at radius 2 is 1.92 bits per heavy atom. The van der Waals surface area contributed by atoms with Crippen molar-refractivity contribution < 1.29 is 9.84 Å². The summed E-state index contributed by atoms with van der Waals surface area (Å²) in [5.74, 6) is 0.859. The van der Waals surface area contributed by atoms with E-state index in [-0.39, 0.29) is 6.73 Å². The molecule has 0 heterocycles. The van der Waals surface area contributed by atoms with Crippen LogP contribution in [0.2, 0.25) is 0 Å². The molecule has 0 aliphatic rings. The number of anilines is 1. The first-order valence-electron chi connectivity index (χ1n) is 4.32. The lowest BCUT2D eigenvalue weighted by Gasteiger charge is -2.15. The van der Waals surface area contributed by atoms with Gasteiger partial charge in [-0.1, -0.05) is 0 Å². The smallest absolute Gasteiger partial charge is 0.119 e. The summed E-state index contributed by atoms with van der Waals surface area (Å²) in [5, 5.41) is 8.86.